The van der Waals surface area contributed by atoms with E-state index < -0.39 is 0 Å². The molecule has 1 aliphatic rings. The second-order valence-electron chi connectivity index (χ2n) is 12.1. The molecule has 202 valence electrons. The van der Waals surface area contributed by atoms with Crippen molar-refractivity contribution in [2.45, 2.75) is 0 Å². The highest BCUT2D eigenvalue weighted by Crippen LogP contribution is 2.48. The first-order valence-electron chi connectivity index (χ1n) is 15.3. The third kappa shape index (κ3) is 3.34. The number of fused-ring (bicyclic) bond motifs is 9. The van der Waals surface area contributed by atoms with Crippen LogP contribution >= 0.6 is 0 Å². The summed E-state index contributed by atoms with van der Waals surface area (Å²) in [7, 11) is 0. The van der Waals surface area contributed by atoms with Gasteiger partial charge in [0, 0.05) is 0 Å². The fourth-order valence-electron chi connectivity index (χ4n) is 7.69. The van der Waals surface area contributed by atoms with Crippen molar-refractivity contribution >= 4 is 53.9 Å². The molecule has 0 heteroatoms. The highest BCUT2D eigenvalue weighted by molar-refractivity contribution is 6.23. The van der Waals surface area contributed by atoms with Gasteiger partial charge in [0.2, 0.25) is 0 Å². The molecule has 10 rings (SSSR count). The Hall–Kier alpha value is -5.72. The summed E-state index contributed by atoms with van der Waals surface area (Å²) in [6.45, 7) is 0. The minimum Gasteiger partial charge on any atom is -0.0616 e. The van der Waals surface area contributed by atoms with Crippen LogP contribution in [0.5, 0.6) is 0 Å². The molecule has 0 bridgehead atoms. The summed E-state index contributed by atoms with van der Waals surface area (Å²) in [5.74, 6) is 0. The van der Waals surface area contributed by atoms with Crippen molar-refractivity contribution in [3.8, 4) is 44.5 Å². The molecular formula is C44H26. The third-order valence-corrected chi connectivity index (χ3v) is 9.72. The molecule has 0 unspecified atom stereocenters. The first kappa shape index (κ1) is 23.8. The topological polar surface area (TPSA) is 0 Å². The van der Waals surface area contributed by atoms with Crippen LogP contribution in [0.25, 0.3) is 98.4 Å². The lowest BCUT2D eigenvalue weighted by Crippen LogP contribution is -1.87. The Kier molecular flexibility index (Phi) is 4.81. The Balaban J connectivity index is 1.12. The zero-order valence-corrected chi connectivity index (χ0v) is 24.0. The second kappa shape index (κ2) is 8.89. The normalized spacial score (nSPS) is 12.1. The Bertz CT molecular complexity index is 2650. The van der Waals surface area contributed by atoms with Crippen molar-refractivity contribution < 1.29 is 0 Å². The van der Waals surface area contributed by atoms with Crippen LogP contribution in [0, 0.1) is 0 Å². The van der Waals surface area contributed by atoms with E-state index in [9.17, 15) is 0 Å². The molecule has 0 saturated carbocycles. The van der Waals surface area contributed by atoms with Gasteiger partial charge in [-0.05, 0) is 129 Å². The zero-order valence-electron chi connectivity index (χ0n) is 24.0. The van der Waals surface area contributed by atoms with E-state index in [0.717, 1.165) is 0 Å². The van der Waals surface area contributed by atoms with Gasteiger partial charge in [-0.3, -0.25) is 0 Å². The van der Waals surface area contributed by atoms with E-state index in [1.807, 2.05) is 0 Å². The van der Waals surface area contributed by atoms with Crippen LogP contribution in [-0.2, 0) is 0 Å². The van der Waals surface area contributed by atoms with E-state index in [0.29, 0.717) is 0 Å². The molecule has 0 N–H and O–H groups in total. The van der Waals surface area contributed by atoms with Crippen LogP contribution in [0.4, 0.5) is 0 Å². The van der Waals surface area contributed by atoms with Gasteiger partial charge in [0.05, 0.1) is 0 Å². The van der Waals surface area contributed by atoms with E-state index in [4.69, 9.17) is 0 Å². The highest BCUT2D eigenvalue weighted by atomic mass is 14.2. The summed E-state index contributed by atoms with van der Waals surface area (Å²) in [5, 5.41) is 13.0. The van der Waals surface area contributed by atoms with Crippen molar-refractivity contribution in [3.05, 3.63) is 158 Å². The Morgan fingerprint density at radius 3 is 1.66 bits per heavy atom. The molecule has 0 heterocycles. The average molecular weight is 555 g/mol. The summed E-state index contributed by atoms with van der Waals surface area (Å²) in [6, 6.07) is 58.6. The Morgan fingerprint density at radius 1 is 0.227 bits per heavy atom. The molecule has 0 fully saturated rings. The molecule has 1 aliphatic carbocycles. The van der Waals surface area contributed by atoms with E-state index in [2.05, 4.69) is 158 Å². The molecule has 0 aliphatic heterocycles. The summed E-state index contributed by atoms with van der Waals surface area (Å²) < 4.78 is 0. The van der Waals surface area contributed by atoms with Gasteiger partial charge < -0.3 is 0 Å². The Labute approximate surface area is 255 Å². The first-order valence-corrected chi connectivity index (χ1v) is 15.3. The molecule has 0 radical (unpaired) electrons. The fraction of sp³-hybridized carbons (Fsp3) is 0. The monoisotopic (exact) mass is 554 g/mol. The van der Waals surface area contributed by atoms with Gasteiger partial charge >= 0.3 is 0 Å². The molecule has 0 nitrogen and oxygen atoms in total. The van der Waals surface area contributed by atoms with Gasteiger partial charge in [0.1, 0.15) is 0 Å². The minimum atomic E-state index is 1.25. The molecule has 0 aromatic heterocycles. The number of hydrogen-bond acceptors (Lipinski definition) is 0. The van der Waals surface area contributed by atoms with Gasteiger partial charge in [-0.1, -0.05) is 127 Å². The van der Waals surface area contributed by atoms with E-state index >= 15 is 0 Å². The second-order valence-corrected chi connectivity index (χ2v) is 12.1. The largest absolute Gasteiger partial charge is 0.0616 e. The molecule has 0 saturated heterocycles. The van der Waals surface area contributed by atoms with Crippen LogP contribution in [0.15, 0.2) is 158 Å². The third-order valence-electron chi connectivity index (χ3n) is 9.72. The molecule has 9 aromatic rings. The van der Waals surface area contributed by atoms with Crippen molar-refractivity contribution in [1.29, 1.82) is 0 Å². The van der Waals surface area contributed by atoms with Crippen LogP contribution in [-0.4, -0.2) is 0 Å². The van der Waals surface area contributed by atoms with E-state index in [-0.39, 0.29) is 0 Å². The quantitative estimate of drug-likeness (QED) is 0.186. The maximum atomic E-state index is 2.39. The maximum absolute atomic E-state index is 2.39. The lowest BCUT2D eigenvalue weighted by molar-refractivity contribution is 1.66. The van der Waals surface area contributed by atoms with Gasteiger partial charge in [-0.25, -0.2) is 0 Å². The predicted molar refractivity (Wildman–Crippen MR) is 189 cm³/mol. The van der Waals surface area contributed by atoms with Gasteiger partial charge in [-0.15, -0.1) is 0 Å². The SMILES string of the molecule is c1ccc2c(c1)-c1cccc3cc(-c4ccc5cc(-c6cc7ccc8ccccc8c7c7ccccc67)ccc5c4)cc-2c13. The number of rotatable bonds is 2. The lowest BCUT2D eigenvalue weighted by Gasteiger charge is -2.14. The molecular weight excluding hydrogens is 528 g/mol. The van der Waals surface area contributed by atoms with Gasteiger partial charge in [0.25, 0.3) is 0 Å². The number of benzene rings is 9. The van der Waals surface area contributed by atoms with Gasteiger partial charge in [-0.2, -0.15) is 0 Å². The van der Waals surface area contributed by atoms with Gasteiger partial charge in [0.15, 0.2) is 0 Å². The summed E-state index contributed by atoms with van der Waals surface area (Å²) in [5.41, 5.74) is 10.4. The molecule has 0 atom stereocenters. The molecule has 9 aromatic carbocycles. The van der Waals surface area contributed by atoms with E-state index in [1.165, 1.54) is 98.4 Å². The lowest BCUT2D eigenvalue weighted by atomic mass is 9.89. The van der Waals surface area contributed by atoms with Crippen molar-refractivity contribution in [3.63, 3.8) is 0 Å². The van der Waals surface area contributed by atoms with Crippen LogP contribution in [0.3, 0.4) is 0 Å². The van der Waals surface area contributed by atoms with Crippen LogP contribution in [0.1, 0.15) is 0 Å². The zero-order chi connectivity index (χ0) is 28.8. The van der Waals surface area contributed by atoms with Crippen LogP contribution < -0.4 is 0 Å². The van der Waals surface area contributed by atoms with Crippen molar-refractivity contribution in [2.24, 2.45) is 0 Å². The summed E-state index contributed by atoms with van der Waals surface area (Å²) in [4.78, 5) is 0. The Morgan fingerprint density at radius 2 is 0.795 bits per heavy atom. The summed E-state index contributed by atoms with van der Waals surface area (Å²) >= 11 is 0. The van der Waals surface area contributed by atoms with Crippen LogP contribution in [0.2, 0.25) is 0 Å². The molecule has 44 heavy (non-hydrogen) atoms. The predicted octanol–water partition coefficient (Wildman–Crippen LogP) is 12.4. The van der Waals surface area contributed by atoms with E-state index in [1.54, 1.807) is 0 Å². The average Bonchev–Trinajstić information content (AvgIpc) is 3.42. The highest BCUT2D eigenvalue weighted by Gasteiger charge is 2.21. The molecule has 0 spiro atoms. The summed E-state index contributed by atoms with van der Waals surface area (Å²) in [6.07, 6.45) is 0. The minimum absolute atomic E-state index is 1.25. The smallest absolute Gasteiger partial charge is 0.00259 e. The first-order chi connectivity index (χ1) is 21.8. The fourth-order valence-corrected chi connectivity index (χ4v) is 7.69. The standard InChI is InChI=1S/C44H26/c1-2-10-35-27(8-1)16-21-33-25-41(38-13-5-6-14-39(38)43(33)35)31-20-19-28-22-30(18-17-29(28)23-31)34-24-32-9-7-15-40-36-11-3-4-12-37(36)42(26-34)44(32)40/h1-26H. The maximum Gasteiger partial charge on any atom is -0.00259 e. The number of hydrogen-bond donors (Lipinski definition) is 0. The molecule has 0 amide bonds. The van der Waals surface area contributed by atoms with Crippen molar-refractivity contribution in [1.82, 2.24) is 0 Å². The van der Waals surface area contributed by atoms with Crippen molar-refractivity contribution in [2.75, 3.05) is 0 Å².